The van der Waals surface area contributed by atoms with E-state index in [1.165, 1.54) is 78.0 Å². The Hall–Kier alpha value is -6.22. The first-order valence-electron chi connectivity index (χ1n) is 21.7. The Morgan fingerprint density at radius 1 is 0.544 bits per heavy atom. The van der Waals surface area contributed by atoms with Gasteiger partial charge in [0.2, 0.25) is 0 Å². The van der Waals surface area contributed by atoms with Gasteiger partial charge in [0.25, 0.3) is 0 Å². The lowest BCUT2D eigenvalue weighted by Crippen LogP contribution is -2.41. The number of aromatic hydroxyl groups is 4. The van der Waals surface area contributed by atoms with Gasteiger partial charge in [-0.3, -0.25) is 0 Å². The molecule has 5 aromatic carbocycles. The van der Waals surface area contributed by atoms with Crippen LogP contribution in [0.3, 0.4) is 0 Å². The average Bonchev–Trinajstić information content (AvgIpc) is 3.86. The molecule has 10 N–H and O–H groups in total. The van der Waals surface area contributed by atoms with Crippen molar-refractivity contribution in [1.82, 2.24) is 0 Å². The molecule has 366 valence electrons. The fraction of sp³-hybridized carbons (Fsp3) is 0.400. The molecule has 0 spiro atoms. The Kier molecular flexibility index (Phi) is 15.0. The van der Waals surface area contributed by atoms with Crippen LogP contribution in [0.2, 0.25) is 0 Å². The van der Waals surface area contributed by atoms with Crippen molar-refractivity contribution in [2.75, 3.05) is 68.6 Å². The lowest BCUT2D eigenvalue weighted by atomic mass is 9.79. The minimum Gasteiger partial charge on any atom is -0.504 e. The van der Waals surface area contributed by atoms with Crippen molar-refractivity contribution in [3.05, 3.63) is 107 Å². The molecule has 68 heavy (non-hydrogen) atoms. The molecule has 2 fully saturated rings. The van der Waals surface area contributed by atoms with E-state index in [0.717, 1.165) is 0 Å². The molecule has 8 atom stereocenters. The highest BCUT2D eigenvalue weighted by atomic mass is 16.5. The highest BCUT2D eigenvalue weighted by Crippen LogP contribution is 2.52. The van der Waals surface area contributed by atoms with E-state index in [2.05, 4.69) is 0 Å². The van der Waals surface area contributed by atoms with Crippen LogP contribution in [0.4, 0.5) is 0 Å². The number of phenolic OH excluding ortho intramolecular Hbond substituents is 4. The van der Waals surface area contributed by atoms with Crippen LogP contribution < -0.4 is 28.4 Å². The first-order valence-corrected chi connectivity index (χ1v) is 21.7. The van der Waals surface area contributed by atoms with Crippen molar-refractivity contribution in [2.45, 2.75) is 48.5 Å². The smallest absolute Gasteiger partial charge is 0.165 e. The van der Waals surface area contributed by atoms with Crippen molar-refractivity contribution < 1.29 is 89.0 Å². The fourth-order valence-electron chi connectivity index (χ4n) is 9.26. The maximum atomic E-state index is 12.2. The van der Waals surface area contributed by atoms with Gasteiger partial charge >= 0.3 is 0 Å². The minimum absolute atomic E-state index is 0.00656. The first-order chi connectivity index (χ1) is 32.6. The fourth-order valence-corrected chi connectivity index (χ4v) is 9.26. The Morgan fingerprint density at radius 3 is 1.44 bits per heavy atom. The summed E-state index contributed by atoms with van der Waals surface area (Å²) in [6.45, 7) is -2.03. The average molecular weight is 947 g/mol. The van der Waals surface area contributed by atoms with E-state index in [4.69, 9.17) is 37.9 Å². The van der Waals surface area contributed by atoms with Gasteiger partial charge in [0.15, 0.2) is 63.6 Å². The second kappa shape index (κ2) is 20.6. The lowest BCUT2D eigenvalue weighted by molar-refractivity contribution is -0.0155. The summed E-state index contributed by atoms with van der Waals surface area (Å²) in [5.74, 6) is -2.04. The number of hydrogen-bond acceptors (Lipinski definition) is 18. The van der Waals surface area contributed by atoms with Crippen LogP contribution in [0.15, 0.2) is 78.9 Å². The van der Waals surface area contributed by atoms with E-state index >= 15 is 0 Å². The van der Waals surface area contributed by atoms with Crippen LogP contribution in [0.25, 0.3) is 11.1 Å². The Balaban J connectivity index is 1.15. The molecule has 0 bridgehead atoms. The van der Waals surface area contributed by atoms with Gasteiger partial charge < -0.3 is 89.0 Å². The van der Waals surface area contributed by atoms with Crippen LogP contribution in [-0.4, -0.2) is 137 Å². The summed E-state index contributed by atoms with van der Waals surface area (Å²) < 4.78 is 45.6. The van der Waals surface area contributed by atoms with Crippen LogP contribution in [0, 0.1) is 11.8 Å². The molecule has 2 aliphatic heterocycles. The normalized spacial score (nSPS) is 23.2. The zero-order chi connectivity index (χ0) is 49.1. The van der Waals surface area contributed by atoms with Gasteiger partial charge in [0.1, 0.15) is 6.10 Å². The molecule has 0 saturated carbocycles. The van der Waals surface area contributed by atoms with Gasteiger partial charge in [0.05, 0.1) is 92.0 Å². The molecule has 0 aromatic heterocycles. The second-order valence-electron chi connectivity index (χ2n) is 17.0. The van der Waals surface area contributed by atoms with Crippen molar-refractivity contribution in [3.8, 4) is 68.6 Å². The summed E-state index contributed by atoms with van der Waals surface area (Å²) in [6, 6.07) is 19.9. The number of rotatable bonds is 19. The molecule has 2 saturated heterocycles. The predicted molar refractivity (Wildman–Crippen MR) is 243 cm³/mol. The quantitative estimate of drug-likeness (QED) is 0.0560. The van der Waals surface area contributed by atoms with E-state index in [1.807, 2.05) is 0 Å². The zero-order valence-electron chi connectivity index (χ0n) is 38.2. The third-order valence-corrected chi connectivity index (χ3v) is 13.0. The first kappa shape index (κ1) is 49.7. The number of aliphatic hydroxyl groups excluding tert-OH is 4. The van der Waals surface area contributed by atoms with Crippen LogP contribution in [0.5, 0.6) is 57.5 Å². The maximum absolute atomic E-state index is 12.2. The Labute approximate surface area is 392 Å². The number of phenols is 4. The molecule has 18 nitrogen and oxygen atoms in total. The van der Waals surface area contributed by atoms with E-state index in [-0.39, 0.29) is 94.7 Å². The van der Waals surface area contributed by atoms with Gasteiger partial charge in [-0.2, -0.15) is 0 Å². The highest BCUT2D eigenvalue weighted by Gasteiger charge is 2.51. The summed E-state index contributed by atoms with van der Waals surface area (Å²) in [5, 5.41) is 110. The number of methoxy groups -OCH3 is 5. The monoisotopic (exact) mass is 946 g/mol. The largest absolute Gasteiger partial charge is 0.504 e. The van der Waals surface area contributed by atoms with Gasteiger partial charge in [-0.15, -0.1) is 0 Å². The van der Waals surface area contributed by atoms with Crippen molar-refractivity contribution in [2.24, 2.45) is 11.8 Å². The molecule has 0 aliphatic carbocycles. The zero-order valence-corrected chi connectivity index (χ0v) is 38.2. The lowest BCUT2D eigenvalue weighted by Gasteiger charge is -2.30. The highest BCUT2D eigenvalue weighted by molar-refractivity contribution is 5.81. The molecular formula is C50H58O18. The van der Waals surface area contributed by atoms with Gasteiger partial charge in [-0.25, -0.2) is 0 Å². The molecular weight excluding hydrogens is 889 g/mol. The molecule has 0 unspecified atom stereocenters. The molecule has 0 amide bonds. The summed E-state index contributed by atoms with van der Waals surface area (Å²) in [7, 11) is 6.87. The summed E-state index contributed by atoms with van der Waals surface area (Å²) >= 11 is 0. The third-order valence-electron chi connectivity index (χ3n) is 13.0. The Morgan fingerprint density at radius 2 is 0.985 bits per heavy atom. The summed E-state index contributed by atoms with van der Waals surface area (Å²) in [5.41, 5.74) is -0.841. The van der Waals surface area contributed by atoms with Gasteiger partial charge in [-0.05, 0) is 88.5 Å². The minimum atomic E-state index is -1.66. The van der Waals surface area contributed by atoms with Crippen molar-refractivity contribution in [3.63, 3.8) is 0 Å². The van der Waals surface area contributed by atoms with E-state index in [1.54, 1.807) is 36.4 Å². The maximum Gasteiger partial charge on any atom is 0.165 e. The van der Waals surface area contributed by atoms with E-state index in [0.29, 0.717) is 27.8 Å². The van der Waals surface area contributed by atoms with Gasteiger partial charge in [-0.1, -0.05) is 18.2 Å². The third kappa shape index (κ3) is 9.59. The van der Waals surface area contributed by atoms with Crippen LogP contribution >= 0.6 is 0 Å². The molecule has 2 heterocycles. The predicted octanol–water partition coefficient (Wildman–Crippen LogP) is 4.00. The molecule has 0 radical (unpaired) electrons. The number of ether oxygens (including phenoxy) is 8. The van der Waals surface area contributed by atoms with Crippen LogP contribution in [-0.2, 0) is 22.3 Å². The van der Waals surface area contributed by atoms with E-state index < -0.39 is 67.3 Å². The molecule has 5 aromatic rings. The number of aliphatic hydroxyl groups is 6. The topological polar surface area (TPSA) is 276 Å². The number of benzene rings is 5. The second-order valence-corrected chi connectivity index (χ2v) is 17.0. The SMILES string of the molecule is COc1cc(C[C@@]2(O)CO[C@@H](c3cc(OC)c(O)c(-c4cc([C@H]5OC[C@](O)(Cc6ccc(O[C@H](CO)[C@@H](O)c7ccc(O)c(OC)c7)c(OC)c6)[C@@H]5CO)cc(OC)c4O)c3)[C@H]2CO)ccc1O. The molecule has 2 aliphatic rings. The van der Waals surface area contributed by atoms with Crippen molar-refractivity contribution >= 4 is 0 Å². The van der Waals surface area contributed by atoms with Crippen molar-refractivity contribution in [1.29, 1.82) is 0 Å². The Bertz CT molecular complexity index is 2570. The summed E-state index contributed by atoms with van der Waals surface area (Å²) in [6.07, 6.45) is -4.38. The molecule has 18 heteroatoms. The molecule has 7 rings (SSSR count). The number of hydrogen-bond donors (Lipinski definition) is 10. The summed E-state index contributed by atoms with van der Waals surface area (Å²) in [4.78, 5) is 0. The van der Waals surface area contributed by atoms with Crippen LogP contribution in [0.1, 0.15) is 46.1 Å². The van der Waals surface area contributed by atoms with Gasteiger partial charge in [0, 0.05) is 35.8 Å². The standard InChI is InChI=1S/C50H58O18/c1-61-38-12-26(6-9-35(38)54)19-49(59)24-66-47(33(49)21-51)29-14-31(45(57)41(17-29)64-4)32-15-30(18-42(65-5)46(32)58)48-34(22-52)50(60,25-67-48)20-27-7-11-37(40(13-27)63-3)68-43(23-53)44(56)28-8-10-36(55)39(16-28)62-2/h6-18,33-34,43-44,47-48,51-60H,19-25H2,1-5H3/t33-,34-,43-,44+,47+,48-,49-,50-/m1/s1. The van der Waals surface area contributed by atoms with E-state index in [9.17, 15) is 51.1 Å².